The van der Waals surface area contributed by atoms with Crippen LogP contribution < -0.4 is 0 Å². The minimum atomic E-state index is 0.710. The van der Waals surface area contributed by atoms with Crippen molar-refractivity contribution in [2.24, 2.45) is 0 Å². The second kappa shape index (κ2) is 4.59. The summed E-state index contributed by atoms with van der Waals surface area (Å²) in [5.41, 5.74) is 4.82. The van der Waals surface area contributed by atoms with Gasteiger partial charge in [0.05, 0.1) is 11.8 Å². The van der Waals surface area contributed by atoms with E-state index >= 15 is 0 Å². The fourth-order valence-corrected chi connectivity index (χ4v) is 2.41. The van der Waals surface area contributed by atoms with Crippen LogP contribution in [0.2, 0.25) is 0 Å². The van der Waals surface area contributed by atoms with E-state index in [1.165, 1.54) is 5.56 Å². The zero-order chi connectivity index (χ0) is 14.2. The third-order valence-corrected chi connectivity index (χ3v) is 3.43. The Morgan fingerprint density at radius 1 is 1.05 bits per heavy atom. The topological polar surface area (TPSA) is 54.7 Å². The van der Waals surface area contributed by atoms with Gasteiger partial charge in [-0.2, -0.15) is 0 Å². The van der Waals surface area contributed by atoms with Gasteiger partial charge in [0.1, 0.15) is 11.6 Å². The number of hydrogen-bond donors (Lipinski definition) is 1. The number of aryl methyl sites for hydroxylation is 1. The lowest BCUT2D eigenvalue weighted by Gasteiger charge is -1.97. The minimum absolute atomic E-state index is 0.710. The molecular weight excluding hydrogens is 262 g/mol. The van der Waals surface area contributed by atoms with E-state index in [9.17, 15) is 0 Å². The second-order valence-electron chi connectivity index (χ2n) is 5.03. The van der Waals surface area contributed by atoms with Crippen molar-refractivity contribution in [3.05, 3.63) is 60.5 Å². The summed E-state index contributed by atoms with van der Waals surface area (Å²) in [4.78, 5) is 12.3. The largest absolute Gasteiger partial charge is 0.464 e. The van der Waals surface area contributed by atoms with E-state index in [2.05, 4.69) is 34.0 Å². The lowest BCUT2D eigenvalue weighted by Crippen LogP contribution is -1.81. The van der Waals surface area contributed by atoms with Gasteiger partial charge in [-0.1, -0.05) is 23.8 Å². The zero-order valence-corrected chi connectivity index (χ0v) is 11.5. The molecule has 4 nitrogen and oxygen atoms in total. The Morgan fingerprint density at radius 3 is 2.81 bits per heavy atom. The summed E-state index contributed by atoms with van der Waals surface area (Å²) >= 11 is 0. The van der Waals surface area contributed by atoms with Crippen molar-refractivity contribution < 1.29 is 4.42 Å². The van der Waals surface area contributed by atoms with Crippen molar-refractivity contribution in [2.75, 3.05) is 0 Å². The van der Waals surface area contributed by atoms with Gasteiger partial charge >= 0.3 is 0 Å². The number of furan rings is 1. The summed E-state index contributed by atoms with van der Waals surface area (Å²) in [6.07, 6.45) is 3.44. The number of aromatic amines is 1. The first-order valence-corrected chi connectivity index (χ1v) is 6.76. The molecule has 4 heteroatoms. The zero-order valence-electron chi connectivity index (χ0n) is 11.5. The number of aromatic nitrogens is 3. The van der Waals surface area contributed by atoms with Crippen LogP contribution in [-0.4, -0.2) is 15.0 Å². The standard InChI is InChI=1S/C17H13N3O/c1-11-4-2-5-12(8-11)16-19-14-9-13(10-18-17(14)20-16)15-6-3-7-21-15/h2-10H,1H3,(H,18,19,20). The van der Waals surface area contributed by atoms with Crippen LogP contribution in [0.4, 0.5) is 0 Å². The molecule has 0 amide bonds. The van der Waals surface area contributed by atoms with Gasteiger partial charge in [-0.15, -0.1) is 0 Å². The Hall–Kier alpha value is -2.88. The van der Waals surface area contributed by atoms with Crippen molar-refractivity contribution in [3.8, 4) is 22.7 Å². The molecule has 0 spiro atoms. The highest BCUT2D eigenvalue weighted by Gasteiger charge is 2.09. The summed E-state index contributed by atoms with van der Waals surface area (Å²) in [6.45, 7) is 2.07. The van der Waals surface area contributed by atoms with E-state index in [-0.39, 0.29) is 0 Å². The number of rotatable bonds is 2. The average molecular weight is 275 g/mol. The van der Waals surface area contributed by atoms with Gasteiger partial charge in [-0.3, -0.25) is 0 Å². The van der Waals surface area contributed by atoms with E-state index in [0.29, 0.717) is 5.65 Å². The van der Waals surface area contributed by atoms with Crippen molar-refractivity contribution in [1.82, 2.24) is 15.0 Å². The predicted octanol–water partition coefficient (Wildman–Crippen LogP) is 4.19. The molecule has 4 rings (SSSR count). The maximum atomic E-state index is 5.40. The van der Waals surface area contributed by atoms with Gasteiger partial charge in [0.15, 0.2) is 5.65 Å². The van der Waals surface area contributed by atoms with E-state index in [0.717, 1.165) is 28.2 Å². The summed E-state index contributed by atoms with van der Waals surface area (Å²) < 4.78 is 5.40. The molecule has 0 radical (unpaired) electrons. The quantitative estimate of drug-likeness (QED) is 0.596. The third kappa shape index (κ3) is 2.10. The molecule has 3 heterocycles. The fraction of sp³-hybridized carbons (Fsp3) is 0.0588. The Kier molecular flexibility index (Phi) is 2.60. The number of hydrogen-bond acceptors (Lipinski definition) is 3. The van der Waals surface area contributed by atoms with Crippen LogP contribution in [0.3, 0.4) is 0 Å². The molecule has 21 heavy (non-hydrogen) atoms. The number of nitrogens with zero attached hydrogens (tertiary/aromatic N) is 2. The molecule has 0 aliphatic rings. The Labute approximate surface area is 121 Å². The number of fused-ring (bicyclic) bond motifs is 1. The summed E-state index contributed by atoms with van der Waals surface area (Å²) in [6, 6.07) is 14.0. The molecule has 0 atom stereocenters. The number of benzene rings is 1. The smallest absolute Gasteiger partial charge is 0.178 e. The number of imidazole rings is 1. The molecule has 0 bridgehead atoms. The van der Waals surface area contributed by atoms with E-state index in [1.807, 2.05) is 30.3 Å². The lowest BCUT2D eigenvalue weighted by atomic mass is 10.1. The van der Waals surface area contributed by atoms with Crippen molar-refractivity contribution in [1.29, 1.82) is 0 Å². The number of nitrogens with one attached hydrogen (secondary N) is 1. The first-order chi connectivity index (χ1) is 10.3. The average Bonchev–Trinajstić information content (AvgIpc) is 3.16. The van der Waals surface area contributed by atoms with E-state index in [4.69, 9.17) is 4.42 Å². The van der Waals surface area contributed by atoms with E-state index < -0.39 is 0 Å². The van der Waals surface area contributed by atoms with Gasteiger partial charge in [-0.05, 0) is 31.2 Å². The van der Waals surface area contributed by atoms with Gasteiger partial charge < -0.3 is 9.40 Å². The molecule has 0 aliphatic carbocycles. The van der Waals surface area contributed by atoms with Gasteiger partial charge in [0.2, 0.25) is 0 Å². The second-order valence-corrected chi connectivity index (χ2v) is 5.03. The van der Waals surface area contributed by atoms with Crippen molar-refractivity contribution in [2.45, 2.75) is 6.92 Å². The molecule has 3 aromatic heterocycles. The molecule has 4 aromatic rings. The van der Waals surface area contributed by atoms with Gasteiger partial charge in [0, 0.05) is 17.3 Å². The first kappa shape index (κ1) is 11.9. The summed E-state index contributed by atoms with van der Waals surface area (Å²) in [5, 5.41) is 0. The summed E-state index contributed by atoms with van der Waals surface area (Å²) in [5.74, 6) is 1.63. The van der Waals surface area contributed by atoms with Crippen LogP contribution in [0.1, 0.15) is 5.56 Å². The monoisotopic (exact) mass is 275 g/mol. The summed E-state index contributed by atoms with van der Waals surface area (Å²) in [7, 11) is 0. The third-order valence-electron chi connectivity index (χ3n) is 3.43. The molecule has 0 saturated carbocycles. The SMILES string of the molecule is Cc1cccc(-c2nc3ncc(-c4ccco4)cc3[nH]2)c1. The lowest BCUT2D eigenvalue weighted by molar-refractivity contribution is 0.582. The Balaban J connectivity index is 1.83. The normalized spacial score (nSPS) is 11.1. The van der Waals surface area contributed by atoms with Crippen LogP contribution in [0, 0.1) is 6.92 Å². The highest BCUT2D eigenvalue weighted by Crippen LogP contribution is 2.25. The molecule has 1 aromatic carbocycles. The van der Waals surface area contributed by atoms with Crippen LogP contribution in [0.5, 0.6) is 0 Å². The molecule has 102 valence electrons. The Morgan fingerprint density at radius 2 is 2.00 bits per heavy atom. The van der Waals surface area contributed by atoms with Crippen LogP contribution >= 0.6 is 0 Å². The molecule has 1 N–H and O–H groups in total. The number of pyridine rings is 1. The molecule has 0 fully saturated rings. The van der Waals surface area contributed by atoms with E-state index in [1.54, 1.807) is 12.5 Å². The molecular formula is C17H13N3O. The Bertz CT molecular complexity index is 907. The maximum Gasteiger partial charge on any atom is 0.178 e. The van der Waals surface area contributed by atoms with Gasteiger partial charge in [-0.25, -0.2) is 9.97 Å². The number of H-pyrrole nitrogens is 1. The maximum absolute atomic E-state index is 5.40. The predicted molar refractivity (Wildman–Crippen MR) is 81.8 cm³/mol. The molecule has 0 unspecified atom stereocenters. The van der Waals surface area contributed by atoms with Crippen LogP contribution in [0.15, 0.2) is 59.3 Å². The first-order valence-electron chi connectivity index (χ1n) is 6.76. The van der Waals surface area contributed by atoms with Crippen LogP contribution in [-0.2, 0) is 0 Å². The highest BCUT2D eigenvalue weighted by molar-refractivity contribution is 5.80. The van der Waals surface area contributed by atoms with Crippen molar-refractivity contribution >= 4 is 11.2 Å². The van der Waals surface area contributed by atoms with Crippen molar-refractivity contribution in [3.63, 3.8) is 0 Å². The van der Waals surface area contributed by atoms with Crippen LogP contribution in [0.25, 0.3) is 33.9 Å². The molecule has 0 saturated heterocycles. The molecule has 0 aliphatic heterocycles. The minimum Gasteiger partial charge on any atom is -0.464 e. The highest BCUT2D eigenvalue weighted by atomic mass is 16.3. The fourth-order valence-electron chi connectivity index (χ4n) is 2.41. The van der Waals surface area contributed by atoms with Gasteiger partial charge in [0.25, 0.3) is 0 Å².